The molecule has 1 atom stereocenters. The molecule has 0 aliphatic rings. The minimum atomic E-state index is 0.547. The van der Waals surface area contributed by atoms with Gasteiger partial charge in [-0.05, 0) is 26.8 Å². The molecule has 2 nitrogen and oxygen atoms in total. The smallest absolute Gasteiger partial charge is 0.0943 e. The van der Waals surface area contributed by atoms with Crippen LogP contribution in [-0.4, -0.2) is 17.6 Å². The summed E-state index contributed by atoms with van der Waals surface area (Å²) in [7, 11) is 0. The zero-order chi connectivity index (χ0) is 9.68. The summed E-state index contributed by atoms with van der Waals surface area (Å²) in [5, 5.41) is 6.81. The largest absolute Gasteiger partial charge is 0.314 e. The molecule has 0 bridgehead atoms. The maximum absolute atomic E-state index is 4.44. The molecule has 0 aromatic carbocycles. The Hall–Kier alpha value is -0.410. The standard InChI is InChI=1S/C10H18N2S/c1-4-5-11-8(2)6-10-12-9(3)7-13-10/h7-8,11H,4-6H2,1-3H3. The van der Waals surface area contributed by atoms with Crippen LogP contribution in [0.4, 0.5) is 0 Å². The summed E-state index contributed by atoms with van der Waals surface area (Å²) in [4.78, 5) is 4.44. The molecule has 0 aliphatic carbocycles. The maximum atomic E-state index is 4.44. The van der Waals surface area contributed by atoms with Gasteiger partial charge in [0.25, 0.3) is 0 Å². The van der Waals surface area contributed by atoms with E-state index in [1.807, 2.05) is 6.92 Å². The third kappa shape index (κ3) is 3.87. The average Bonchev–Trinajstić information content (AvgIpc) is 2.48. The van der Waals surface area contributed by atoms with Crippen LogP contribution in [0.2, 0.25) is 0 Å². The number of aryl methyl sites for hydroxylation is 1. The lowest BCUT2D eigenvalue weighted by Crippen LogP contribution is -2.28. The zero-order valence-corrected chi connectivity index (χ0v) is 9.45. The van der Waals surface area contributed by atoms with Crippen molar-refractivity contribution in [3.05, 3.63) is 16.1 Å². The van der Waals surface area contributed by atoms with Crippen molar-refractivity contribution < 1.29 is 0 Å². The van der Waals surface area contributed by atoms with E-state index in [4.69, 9.17) is 0 Å². The molecule has 74 valence electrons. The van der Waals surface area contributed by atoms with Crippen LogP contribution in [0.3, 0.4) is 0 Å². The molecule has 1 aromatic rings. The Labute approximate surface area is 84.4 Å². The Balaban J connectivity index is 2.31. The first-order chi connectivity index (χ1) is 6.22. The molecule has 0 spiro atoms. The predicted octanol–water partition coefficient (Wildman–Crippen LogP) is 2.38. The first-order valence-corrected chi connectivity index (χ1v) is 5.74. The van der Waals surface area contributed by atoms with Gasteiger partial charge >= 0.3 is 0 Å². The van der Waals surface area contributed by atoms with Gasteiger partial charge in [0.2, 0.25) is 0 Å². The van der Waals surface area contributed by atoms with E-state index in [1.54, 1.807) is 11.3 Å². The van der Waals surface area contributed by atoms with Crippen LogP contribution in [0.15, 0.2) is 5.38 Å². The minimum absolute atomic E-state index is 0.547. The fourth-order valence-corrected chi connectivity index (χ4v) is 2.12. The molecule has 0 fully saturated rings. The van der Waals surface area contributed by atoms with Crippen LogP contribution < -0.4 is 5.32 Å². The van der Waals surface area contributed by atoms with Crippen molar-refractivity contribution in [2.75, 3.05) is 6.54 Å². The van der Waals surface area contributed by atoms with Gasteiger partial charge in [0.15, 0.2) is 0 Å². The van der Waals surface area contributed by atoms with Gasteiger partial charge < -0.3 is 5.32 Å². The first-order valence-electron chi connectivity index (χ1n) is 4.86. The highest BCUT2D eigenvalue weighted by molar-refractivity contribution is 7.09. The molecule has 0 aliphatic heterocycles. The van der Waals surface area contributed by atoms with Crippen molar-refractivity contribution in [2.24, 2.45) is 0 Å². The second kappa shape index (κ2) is 5.35. The maximum Gasteiger partial charge on any atom is 0.0943 e. The van der Waals surface area contributed by atoms with Crippen molar-refractivity contribution in [1.29, 1.82) is 0 Å². The molecule has 1 unspecified atom stereocenters. The van der Waals surface area contributed by atoms with E-state index in [0.717, 1.165) is 18.7 Å². The van der Waals surface area contributed by atoms with Gasteiger partial charge in [0.1, 0.15) is 0 Å². The van der Waals surface area contributed by atoms with E-state index in [2.05, 4.69) is 29.5 Å². The Bertz CT molecular complexity index is 245. The summed E-state index contributed by atoms with van der Waals surface area (Å²) in [6.45, 7) is 7.55. The average molecular weight is 198 g/mol. The summed E-state index contributed by atoms with van der Waals surface area (Å²) < 4.78 is 0. The number of nitrogens with zero attached hydrogens (tertiary/aromatic N) is 1. The molecular weight excluding hydrogens is 180 g/mol. The molecule has 3 heteroatoms. The Morgan fingerprint density at radius 1 is 1.62 bits per heavy atom. The SMILES string of the molecule is CCCNC(C)Cc1nc(C)cs1. The molecule has 1 heterocycles. The Kier molecular flexibility index (Phi) is 4.39. The van der Waals surface area contributed by atoms with Crippen molar-refractivity contribution in [2.45, 2.75) is 39.7 Å². The van der Waals surface area contributed by atoms with Gasteiger partial charge in [-0.1, -0.05) is 6.92 Å². The quantitative estimate of drug-likeness (QED) is 0.785. The van der Waals surface area contributed by atoms with E-state index in [-0.39, 0.29) is 0 Å². The van der Waals surface area contributed by atoms with E-state index in [0.29, 0.717) is 6.04 Å². The molecule has 0 saturated carbocycles. The first kappa shape index (κ1) is 10.7. The fourth-order valence-electron chi connectivity index (χ4n) is 1.22. The number of hydrogen-bond acceptors (Lipinski definition) is 3. The van der Waals surface area contributed by atoms with Gasteiger partial charge in [0, 0.05) is 23.5 Å². The second-order valence-corrected chi connectivity index (χ2v) is 4.38. The van der Waals surface area contributed by atoms with Gasteiger partial charge in [0.05, 0.1) is 5.01 Å². The summed E-state index contributed by atoms with van der Waals surface area (Å²) in [6.07, 6.45) is 2.25. The van der Waals surface area contributed by atoms with Crippen LogP contribution in [0.5, 0.6) is 0 Å². The van der Waals surface area contributed by atoms with Crippen molar-refractivity contribution >= 4 is 11.3 Å². The van der Waals surface area contributed by atoms with Crippen molar-refractivity contribution in [3.8, 4) is 0 Å². The highest BCUT2D eigenvalue weighted by Crippen LogP contribution is 2.10. The molecule has 1 rings (SSSR count). The summed E-state index contributed by atoms with van der Waals surface area (Å²) in [5.74, 6) is 0. The topological polar surface area (TPSA) is 24.9 Å². The lowest BCUT2D eigenvalue weighted by atomic mass is 10.2. The summed E-state index contributed by atoms with van der Waals surface area (Å²) in [6, 6.07) is 0.547. The highest BCUT2D eigenvalue weighted by Gasteiger charge is 2.04. The monoisotopic (exact) mass is 198 g/mol. The van der Waals surface area contributed by atoms with Crippen LogP contribution in [0, 0.1) is 6.92 Å². The predicted molar refractivity (Wildman–Crippen MR) is 58.3 cm³/mol. The van der Waals surface area contributed by atoms with E-state index in [1.165, 1.54) is 11.4 Å². The second-order valence-electron chi connectivity index (χ2n) is 3.44. The van der Waals surface area contributed by atoms with Crippen LogP contribution in [-0.2, 0) is 6.42 Å². The molecule has 0 saturated heterocycles. The third-order valence-corrected chi connectivity index (χ3v) is 2.88. The third-order valence-electron chi connectivity index (χ3n) is 1.89. The summed E-state index contributed by atoms with van der Waals surface area (Å²) in [5.41, 5.74) is 1.14. The van der Waals surface area contributed by atoms with E-state index in [9.17, 15) is 0 Å². The van der Waals surface area contributed by atoms with Crippen LogP contribution in [0.1, 0.15) is 31.0 Å². The highest BCUT2D eigenvalue weighted by atomic mass is 32.1. The Morgan fingerprint density at radius 3 is 2.92 bits per heavy atom. The van der Waals surface area contributed by atoms with E-state index < -0.39 is 0 Å². The van der Waals surface area contributed by atoms with Gasteiger partial charge in [-0.3, -0.25) is 0 Å². The van der Waals surface area contributed by atoms with Crippen LogP contribution >= 0.6 is 11.3 Å². The molecule has 13 heavy (non-hydrogen) atoms. The fraction of sp³-hybridized carbons (Fsp3) is 0.700. The lowest BCUT2D eigenvalue weighted by Gasteiger charge is -2.10. The number of rotatable bonds is 5. The van der Waals surface area contributed by atoms with Crippen LogP contribution in [0.25, 0.3) is 0 Å². The molecule has 0 radical (unpaired) electrons. The number of nitrogens with one attached hydrogen (secondary N) is 1. The molecular formula is C10H18N2S. The van der Waals surface area contributed by atoms with Gasteiger partial charge in [-0.25, -0.2) is 4.98 Å². The minimum Gasteiger partial charge on any atom is -0.314 e. The number of thiazole rings is 1. The Morgan fingerprint density at radius 2 is 2.38 bits per heavy atom. The van der Waals surface area contributed by atoms with Crippen molar-refractivity contribution in [3.63, 3.8) is 0 Å². The summed E-state index contributed by atoms with van der Waals surface area (Å²) >= 11 is 1.76. The van der Waals surface area contributed by atoms with E-state index >= 15 is 0 Å². The number of hydrogen-bond donors (Lipinski definition) is 1. The lowest BCUT2D eigenvalue weighted by molar-refractivity contribution is 0.542. The zero-order valence-electron chi connectivity index (χ0n) is 8.63. The van der Waals surface area contributed by atoms with Crippen molar-refractivity contribution in [1.82, 2.24) is 10.3 Å². The molecule has 1 N–H and O–H groups in total. The van der Waals surface area contributed by atoms with Gasteiger partial charge in [-0.2, -0.15) is 0 Å². The normalized spacial score (nSPS) is 13.2. The number of aromatic nitrogens is 1. The molecule has 0 amide bonds. The van der Waals surface area contributed by atoms with Gasteiger partial charge in [-0.15, -0.1) is 11.3 Å². The molecule has 1 aromatic heterocycles.